The van der Waals surface area contributed by atoms with E-state index in [-0.39, 0.29) is 7.43 Å². The van der Waals surface area contributed by atoms with Crippen LogP contribution in [0.1, 0.15) is 121 Å². The Kier molecular flexibility index (Phi) is 34.3. The lowest BCUT2D eigenvalue weighted by Crippen LogP contribution is -2.01. The van der Waals surface area contributed by atoms with Crippen molar-refractivity contribution in [1.82, 2.24) is 0 Å². The van der Waals surface area contributed by atoms with E-state index in [2.05, 4.69) is 48.5 Å². The Balaban J connectivity index is -0.000000137. The van der Waals surface area contributed by atoms with Gasteiger partial charge in [-0.15, -0.1) is 0 Å². The molecule has 0 radical (unpaired) electrons. The first kappa shape index (κ1) is 33.2. The number of hydrogen-bond acceptors (Lipinski definition) is 2. The molecule has 0 aliphatic heterocycles. The van der Waals surface area contributed by atoms with Crippen LogP contribution in [0.5, 0.6) is 0 Å². The van der Waals surface area contributed by atoms with Crippen LogP contribution in [0.2, 0.25) is 0 Å². The van der Waals surface area contributed by atoms with E-state index in [0.717, 1.165) is 44.3 Å². The van der Waals surface area contributed by atoms with Gasteiger partial charge >= 0.3 is 0 Å². The summed E-state index contributed by atoms with van der Waals surface area (Å²) in [6.07, 6.45) is 9.30. The molecule has 0 aliphatic carbocycles. The molecular formula is C24H54O2. The number of carbonyl (C=O) groups is 1. The van der Waals surface area contributed by atoms with E-state index in [1.165, 1.54) is 32.1 Å². The summed E-state index contributed by atoms with van der Waals surface area (Å²) in [5.74, 6) is 2.62. The molecule has 0 N–H and O–H groups in total. The van der Waals surface area contributed by atoms with Crippen molar-refractivity contribution < 1.29 is 9.53 Å². The third-order valence-corrected chi connectivity index (χ3v) is 3.59. The fourth-order valence-electron chi connectivity index (χ4n) is 2.10. The topological polar surface area (TPSA) is 26.3 Å². The molecule has 26 heavy (non-hydrogen) atoms. The van der Waals surface area contributed by atoms with E-state index in [4.69, 9.17) is 4.74 Å². The van der Waals surface area contributed by atoms with E-state index in [0.29, 0.717) is 11.7 Å². The zero-order chi connectivity index (χ0) is 20.1. The van der Waals surface area contributed by atoms with Crippen molar-refractivity contribution >= 4 is 5.78 Å². The first-order valence-electron chi connectivity index (χ1n) is 10.8. The molecule has 0 heterocycles. The highest BCUT2D eigenvalue weighted by Gasteiger charge is 2.01. The van der Waals surface area contributed by atoms with Gasteiger partial charge in [-0.3, -0.25) is 4.79 Å². The number of ether oxygens (including phenoxy) is 1. The second-order valence-electron chi connectivity index (χ2n) is 8.16. The van der Waals surface area contributed by atoms with Crippen LogP contribution < -0.4 is 0 Å². The van der Waals surface area contributed by atoms with Gasteiger partial charge in [-0.1, -0.05) is 88.5 Å². The summed E-state index contributed by atoms with van der Waals surface area (Å²) in [5, 5.41) is 0. The summed E-state index contributed by atoms with van der Waals surface area (Å²) in [6.45, 7) is 21.2. The van der Waals surface area contributed by atoms with Gasteiger partial charge in [0.25, 0.3) is 0 Å². The van der Waals surface area contributed by atoms with Gasteiger partial charge in [0, 0.05) is 26.1 Å². The van der Waals surface area contributed by atoms with Crippen molar-refractivity contribution in [2.75, 3.05) is 13.2 Å². The van der Waals surface area contributed by atoms with Crippen LogP contribution >= 0.6 is 0 Å². The third kappa shape index (κ3) is 43.8. The highest BCUT2D eigenvalue weighted by Crippen LogP contribution is 2.06. The van der Waals surface area contributed by atoms with Crippen LogP contribution in [0, 0.1) is 17.8 Å². The third-order valence-electron chi connectivity index (χ3n) is 3.59. The summed E-state index contributed by atoms with van der Waals surface area (Å²) >= 11 is 0. The quantitative estimate of drug-likeness (QED) is 0.321. The van der Waals surface area contributed by atoms with Crippen molar-refractivity contribution in [3.05, 3.63) is 0 Å². The van der Waals surface area contributed by atoms with E-state index < -0.39 is 0 Å². The Hall–Kier alpha value is -0.370. The standard InChI is InChI=1S/C8H16O.C8H18.C7H16O.CH4/c1-4-5-8(9)6-7(2)3;1-4-5-6-7-8(2)3;1-4-8-6-5-7(2)3;/h7H,4-6H2,1-3H3;8H,4-7H2,1-3H3;7H,4-6H2,1-3H3;1H4. The Morgan fingerprint density at radius 3 is 1.65 bits per heavy atom. The average molecular weight is 375 g/mol. The SMILES string of the molecule is C.CCCC(=O)CC(C)C.CCCCCC(C)C.CCOCCC(C)C. The first-order valence-corrected chi connectivity index (χ1v) is 10.8. The zero-order valence-corrected chi connectivity index (χ0v) is 19.1. The molecule has 0 unspecified atom stereocenters. The lowest BCUT2D eigenvalue weighted by molar-refractivity contribution is -0.119. The fourth-order valence-corrected chi connectivity index (χ4v) is 2.10. The van der Waals surface area contributed by atoms with E-state index in [1.54, 1.807) is 0 Å². The molecule has 162 valence electrons. The predicted molar refractivity (Wildman–Crippen MR) is 121 cm³/mol. The molecule has 0 atom stereocenters. The second kappa shape index (κ2) is 26.9. The average Bonchev–Trinajstić information content (AvgIpc) is 2.48. The molecule has 0 spiro atoms. The molecule has 0 rings (SSSR count). The maximum absolute atomic E-state index is 10.9. The van der Waals surface area contributed by atoms with Gasteiger partial charge in [0.2, 0.25) is 0 Å². The normalized spacial score (nSPS) is 10.0. The second-order valence-corrected chi connectivity index (χ2v) is 8.16. The van der Waals surface area contributed by atoms with E-state index >= 15 is 0 Å². The number of hydrogen-bond donors (Lipinski definition) is 0. The summed E-state index contributed by atoms with van der Waals surface area (Å²) in [6, 6.07) is 0. The number of Topliss-reactive ketones (excluding diaryl/α,β-unsaturated/α-hetero) is 1. The minimum atomic E-state index is 0. The van der Waals surface area contributed by atoms with Crippen LogP contribution in [-0.2, 0) is 9.53 Å². The van der Waals surface area contributed by atoms with Crippen molar-refractivity contribution in [2.24, 2.45) is 17.8 Å². The minimum absolute atomic E-state index is 0. The van der Waals surface area contributed by atoms with E-state index in [9.17, 15) is 4.79 Å². The number of rotatable bonds is 12. The smallest absolute Gasteiger partial charge is 0.133 e. The van der Waals surface area contributed by atoms with Gasteiger partial charge < -0.3 is 4.74 Å². The van der Waals surface area contributed by atoms with Crippen LogP contribution in [0.3, 0.4) is 0 Å². The summed E-state index contributed by atoms with van der Waals surface area (Å²) < 4.78 is 5.14. The molecule has 0 aromatic carbocycles. The van der Waals surface area contributed by atoms with Crippen molar-refractivity contribution in [3.8, 4) is 0 Å². The van der Waals surface area contributed by atoms with Gasteiger partial charge in [-0.05, 0) is 37.5 Å². The van der Waals surface area contributed by atoms with Crippen LogP contribution in [0.15, 0.2) is 0 Å². The number of ketones is 1. The van der Waals surface area contributed by atoms with Crippen LogP contribution in [-0.4, -0.2) is 19.0 Å². The van der Waals surface area contributed by atoms with Crippen molar-refractivity contribution in [2.45, 2.75) is 121 Å². The molecule has 0 aliphatic rings. The van der Waals surface area contributed by atoms with E-state index in [1.807, 2.05) is 13.8 Å². The van der Waals surface area contributed by atoms with Crippen molar-refractivity contribution in [1.29, 1.82) is 0 Å². The molecule has 0 amide bonds. The zero-order valence-electron chi connectivity index (χ0n) is 19.1. The van der Waals surface area contributed by atoms with Gasteiger partial charge in [-0.2, -0.15) is 0 Å². The van der Waals surface area contributed by atoms with Crippen LogP contribution in [0.25, 0.3) is 0 Å². The van der Waals surface area contributed by atoms with Gasteiger partial charge in [0.05, 0.1) is 0 Å². The molecule has 0 bridgehead atoms. The molecule has 0 saturated heterocycles. The van der Waals surface area contributed by atoms with Crippen molar-refractivity contribution in [3.63, 3.8) is 0 Å². The Bertz CT molecular complexity index is 231. The number of carbonyl (C=O) groups excluding carboxylic acids is 1. The predicted octanol–water partition coefficient (Wildman–Crippen LogP) is 8.33. The fraction of sp³-hybridized carbons (Fsp3) is 0.958. The highest BCUT2D eigenvalue weighted by atomic mass is 16.5. The monoisotopic (exact) mass is 374 g/mol. The lowest BCUT2D eigenvalue weighted by Gasteiger charge is -2.02. The molecule has 0 aromatic rings. The largest absolute Gasteiger partial charge is 0.382 e. The van der Waals surface area contributed by atoms with Gasteiger partial charge in [0.1, 0.15) is 5.78 Å². The molecule has 0 aromatic heterocycles. The highest BCUT2D eigenvalue weighted by molar-refractivity contribution is 5.78. The van der Waals surface area contributed by atoms with Gasteiger partial charge in [0.15, 0.2) is 0 Å². The maximum Gasteiger partial charge on any atom is 0.133 e. The maximum atomic E-state index is 10.9. The number of unbranched alkanes of at least 4 members (excludes halogenated alkanes) is 2. The molecule has 2 nitrogen and oxygen atoms in total. The molecular weight excluding hydrogens is 320 g/mol. The Morgan fingerprint density at radius 2 is 1.31 bits per heavy atom. The molecule has 2 heteroatoms. The lowest BCUT2D eigenvalue weighted by atomic mass is 10.0. The summed E-state index contributed by atoms with van der Waals surface area (Å²) in [5.41, 5.74) is 0. The minimum Gasteiger partial charge on any atom is -0.382 e. The molecule has 0 saturated carbocycles. The summed E-state index contributed by atoms with van der Waals surface area (Å²) in [7, 11) is 0. The Labute approximate surface area is 167 Å². The first-order chi connectivity index (χ1) is 11.7. The van der Waals surface area contributed by atoms with Crippen LogP contribution in [0.4, 0.5) is 0 Å². The Morgan fingerprint density at radius 1 is 0.769 bits per heavy atom. The summed E-state index contributed by atoms with van der Waals surface area (Å²) in [4.78, 5) is 10.9. The molecule has 0 fully saturated rings. The van der Waals surface area contributed by atoms with Gasteiger partial charge in [-0.25, -0.2) is 0 Å².